The van der Waals surface area contributed by atoms with E-state index < -0.39 is 13.9 Å². The van der Waals surface area contributed by atoms with E-state index >= 15 is 0 Å². The smallest absolute Gasteiger partial charge is 0.306 e. The SMILES string of the molecule is CCCCCCCCC/C=C\CCCCCCCCCCOCC(COP(=O)([O-])OCC[N+](C)(C)C)OC(=O)CCCCCCCCCC. The molecule has 2 atom stereocenters. The van der Waals surface area contributed by atoms with Crippen LogP contribution in [0.15, 0.2) is 12.2 Å². The molecule has 8 nitrogen and oxygen atoms in total. The second kappa shape index (κ2) is 34.3. The number of phosphoric ester groups is 1. The first-order chi connectivity index (χ1) is 23.6. The maximum atomic E-state index is 12.5. The van der Waals surface area contributed by atoms with Crippen LogP contribution < -0.4 is 4.89 Å². The van der Waals surface area contributed by atoms with Gasteiger partial charge in [-0.3, -0.25) is 9.36 Å². The molecular formula is C40H80NO7P. The maximum Gasteiger partial charge on any atom is 0.306 e. The first kappa shape index (κ1) is 48.2. The monoisotopic (exact) mass is 718 g/mol. The number of unbranched alkanes of at least 4 members (excludes halogenated alkanes) is 22. The van der Waals surface area contributed by atoms with Crippen molar-refractivity contribution >= 4 is 13.8 Å². The van der Waals surface area contributed by atoms with Gasteiger partial charge in [-0.2, -0.15) is 0 Å². The molecule has 0 aromatic heterocycles. The number of ether oxygens (including phenoxy) is 2. The van der Waals surface area contributed by atoms with Crippen LogP contribution in [0.5, 0.6) is 0 Å². The molecule has 0 heterocycles. The van der Waals surface area contributed by atoms with Crippen molar-refractivity contribution in [2.75, 3.05) is 54.1 Å². The lowest BCUT2D eigenvalue weighted by Gasteiger charge is -2.28. The molecule has 0 N–H and O–H groups in total. The van der Waals surface area contributed by atoms with Gasteiger partial charge in [-0.15, -0.1) is 0 Å². The topological polar surface area (TPSA) is 94.1 Å². The second-order valence-corrected chi connectivity index (χ2v) is 16.4. The fourth-order valence-electron chi connectivity index (χ4n) is 5.60. The van der Waals surface area contributed by atoms with Crippen LogP contribution >= 0.6 is 7.82 Å². The molecule has 0 bridgehead atoms. The Hall–Kier alpha value is -0.760. The number of hydrogen-bond donors (Lipinski definition) is 0. The molecule has 0 aliphatic rings. The molecule has 0 fully saturated rings. The summed E-state index contributed by atoms with van der Waals surface area (Å²) in [4.78, 5) is 24.8. The predicted octanol–water partition coefficient (Wildman–Crippen LogP) is 10.9. The lowest BCUT2D eigenvalue weighted by molar-refractivity contribution is -0.870. The van der Waals surface area contributed by atoms with Gasteiger partial charge in [-0.25, -0.2) is 0 Å². The van der Waals surface area contributed by atoms with E-state index in [0.717, 1.165) is 32.1 Å². The van der Waals surface area contributed by atoms with Crippen molar-refractivity contribution in [3.63, 3.8) is 0 Å². The van der Waals surface area contributed by atoms with E-state index in [4.69, 9.17) is 18.5 Å². The summed E-state index contributed by atoms with van der Waals surface area (Å²) in [7, 11) is 1.36. The standard InChI is InChI=1S/C40H80NO7P/c1-6-8-10-12-14-16-17-18-19-20-21-22-23-24-25-26-28-30-32-35-45-37-39(38-47-49(43,44)46-36-34-41(3,4)5)48-40(42)33-31-29-27-15-13-11-9-7-2/h19-20,39H,6-18,21-38H2,1-5H3/b20-19-. The molecular weight excluding hydrogens is 637 g/mol. The Balaban J connectivity index is 4.13. The zero-order chi connectivity index (χ0) is 36.3. The van der Waals surface area contributed by atoms with Gasteiger partial charge in [0.05, 0.1) is 34.4 Å². The Bertz CT molecular complexity index is 802. The maximum absolute atomic E-state index is 12.5. The van der Waals surface area contributed by atoms with E-state index in [2.05, 4.69) is 26.0 Å². The van der Waals surface area contributed by atoms with Crippen molar-refractivity contribution < 1.29 is 37.3 Å². The highest BCUT2D eigenvalue weighted by Crippen LogP contribution is 2.38. The molecule has 0 amide bonds. The van der Waals surface area contributed by atoms with Crippen molar-refractivity contribution in [1.82, 2.24) is 0 Å². The molecule has 0 aromatic carbocycles. The van der Waals surface area contributed by atoms with E-state index in [9.17, 15) is 14.3 Å². The summed E-state index contributed by atoms with van der Waals surface area (Å²) >= 11 is 0. The number of phosphoric acid groups is 1. The Labute approximate surface area is 303 Å². The molecule has 9 heteroatoms. The summed E-state index contributed by atoms with van der Waals surface area (Å²) in [5, 5.41) is 0. The zero-order valence-corrected chi connectivity index (χ0v) is 33.8. The molecule has 0 spiro atoms. The molecule has 0 aromatic rings. The molecule has 292 valence electrons. The Morgan fingerprint density at radius 3 is 1.55 bits per heavy atom. The first-order valence-electron chi connectivity index (χ1n) is 20.4. The van der Waals surface area contributed by atoms with Crippen LogP contribution in [0.4, 0.5) is 0 Å². The van der Waals surface area contributed by atoms with E-state index in [1.54, 1.807) is 0 Å². The number of hydrogen-bond acceptors (Lipinski definition) is 7. The minimum Gasteiger partial charge on any atom is -0.756 e. The van der Waals surface area contributed by atoms with Crippen LogP contribution in [-0.4, -0.2) is 70.7 Å². The normalized spacial score (nSPS) is 14.0. The number of allylic oxidation sites excluding steroid dienone is 2. The molecule has 0 saturated carbocycles. The first-order valence-corrected chi connectivity index (χ1v) is 21.9. The van der Waals surface area contributed by atoms with Gasteiger partial charge >= 0.3 is 5.97 Å². The highest BCUT2D eigenvalue weighted by Gasteiger charge is 2.20. The molecule has 0 saturated heterocycles. The predicted molar refractivity (Wildman–Crippen MR) is 204 cm³/mol. The number of carbonyl (C=O) groups is 1. The van der Waals surface area contributed by atoms with Gasteiger partial charge < -0.3 is 27.9 Å². The van der Waals surface area contributed by atoms with Crippen molar-refractivity contribution in [1.29, 1.82) is 0 Å². The fourth-order valence-corrected chi connectivity index (χ4v) is 6.33. The van der Waals surface area contributed by atoms with Gasteiger partial charge in [-0.1, -0.05) is 148 Å². The number of esters is 1. The number of rotatable bonds is 38. The third-order valence-electron chi connectivity index (χ3n) is 8.82. The van der Waals surface area contributed by atoms with Gasteiger partial charge in [0, 0.05) is 13.0 Å². The van der Waals surface area contributed by atoms with Gasteiger partial charge in [0.25, 0.3) is 7.82 Å². The van der Waals surface area contributed by atoms with Crippen molar-refractivity contribution in [3.8, 4) is 0 Å². The Morgan fingerprint density at radius 2 is 1.06 bits per heavy atom. The van der Waals surface area contributed by atoms with Gasteiger partial charge in [0.2, 0.25) is 0 Å². The quantitative estimate of drug-likeness (QED) is 0.0206. The highest BCUT2D eigenvalue weighted by molar-refractivity contribution is 7.45. The summed E-state index contributed by atoms with van der Waals surface area (Å²) in [6.45, 7) is 5.39. The molecule has 0 aliphatic heterocycles. The number of quaternary nitrogens is 1. The summed E-state index contributed by atoms with van der Waals surface area (Å²) in [5.41, 5.74) is 0. The fraction of sp³-hybridized carbons (Fsp3) is 0.925. The van der Waals surface area contributed by atoms with Gasteiger partial charge in [0.1, 0.15) is 19.3 Å². The van der Waals surface area contributed by atoms with Crippen LogP contribution in [0.3, 0.4) is 0 Å². The van der Waals surface area contributed by atoms with E-state index in [-0.39, 0.29) is 25.8 Å². The lowest BCUT2D eigenvalue weighted by atomic mass is 10.1. The minimum absolute atomic E-state index is 0.0282. The zero-order valence-electron chi connectivity index (χ0n) is 32.9. The van der Waals surface area contributed by atoms with Gasteiger partial charge in [-0.05, 0) is 38.5 Å². The Kier molecular flexibility index (Phi) is 33.8. The highest BCUT2D eigenvalue weighted by atomic mass is 31.2. The Morgan fingerprint density at radius 1 is 0.612 bits per heavy atom. The molecule has 0 radical (unpaired) electrons. The largest absolute Gasteiger partial charge is 0.756 e. The number of nitrogens with zero attached hydrogens (tertiary/aromatic N) is 1. The lowest BCUT2D eigenvalue weighted by Crippen LogP contribution is -2.37. The van der Waals surface area contributed by atoms with Crippen molar-refractivity contribution in [2.45, 2.75) is 187 Å². The molecule has 49 heavy (non-hydrogen) atoms. The summed E-state index contributed by atoms with van der Waals surface area (Å²) < 4.78 is 34.4. The van der Waals surface area contributed by atoms with Crippen LogP contribution in [0.25, 0.3) is 0 Å². The third-order valence-corrected chi connectivity index (χ3v) is 9.78. The van der Waals surface area contributed by atoms with Crippen LogP contribution in [0.1, 0.15) is 181 Å². The number of likely N-dealkylation sites (N-methyl/N-ethyl adjacent to an activating group) is 1. The van der Waals surface area contributed by atoms with Crippen LogP contribution in [0.2, 0.25) is 0 Å². The molecule has 0 rings (SSSR count). The number of carbonyl (C=O) groups excluding carboxylic acids is 1. The minimum atomic E-state index is -4.51. The average molecular weight is 718 g/mol. The molecule has 0 aliphatic carbocycles. The van der Waals surface area contributed by atoms with Crippen LogP contribution in [0, 0.1) is 0 Å². The second-order valence-electron chi connectivity index (χ2n) is 15.0. The van der Waals surface area contributed by atoms with E-state index in [1.807, 2.05) is 21.1 Å². The van der Waals surface area contributed by atoms with Crippen molar-refractivity contribution in [2.24, 2.45) is 0 Å². The molecule has 2 unspecified atom stereocenters. The third kappa shape index (κ3) is 38.3. The van der Waals surface area contributed by atoms with Gasteiger partial charge in [0.15, 0.2) is 0 Å². The average Bonchev–Trinajstić information content (AvgIpc) is 3.04. The summed E-state index contributed by atoms with van der Waals surface area (Å²) in [6, 6.07) is 0. The van der Waals surface area contributed by atoms with Crippen molar-refractivity contribution in [3.05, 3.63) is 12.2 Å². The van der Waals surface area contributed by atoms with E-state index in [1.165, 1.54) is 128 Å². The summed E-state index contributed by atoms with van der Waals surface area (Å²) in [5.74, 6) is -0.339. The summed E-state index contributed by atoms with van der Waals surface area (Å²) in [6.07, 6.45) is 35.2. The van der Waals surface area contributed by atoms with Crippen LogP contribution in [-0.2, 0) is 27.9 Å². The van der Waals surface area contributed by atoms with E-state index in [0.29, 0.717) is 24.1 Å².